The molecule has 116 valence electrons. The molecule has 1 aromatic rings. The third-order valence-electron chi connectivity index (χ3n) is 3.90. The minimum absolute atomic E-state index is 0.152. The number of aliphatic hydroxyl groups is 1. The van der Waals surface area contributed by atoms with Gasteiger partial charge in [0.25, 0.3) is 5.91 Å². The van der Waals surface area contributed by atoms with Crippen molar-refractivity contribution in [1.29, 1.82) is 0 Å². The molecule has 1 atom stereocenters. The number of aryl methyl sites for hydroxylation is 1. The Labute approximate surface area is 122 Å². The molecule has 2 rings (SSSR count). The average molecular weight is 296 g/mol. The molecule has 2 heterocycles. The van der Waals surface area contributed by atoms with Crippen LogP contribution in [0.15, 0.2) is 12.3 Å². The first-order valence-corrected chi connectivity index (χ1v) is 6.66. The van der Waals surface area contributed by atoms with Gasteiger partial charge in [0.15, 0.2) is 11.3 Å². The van der Waals surface area contributed by atoms with Gasteiger partial charge in [-0.1, -0.05) is 0 Å². The molecule has 1 fully saturated rings. The molecular formula is C13H20N4O4. The lowest BCUT2D eigenvalue weighted by Gasteiger charge is -2.34. The Kier molecular flexibility index (Phi) is 3.66. The molecule has 0 spiro atoms. The standard InChI is InChI=1S/C13H20N4O4/c1-12(2)13(3,20)17(11(19)21-12)8-7-14-10(18)9-5-6-15-16(9)4/h5-6,20H,7-8H2,1-4H3,(H,14,18)/t13-/m1/s1. The van der Waals surface area contributed by atoms with Crippen LogP contribution in [0, 0.1) is 0 Å². The highest BCUT2D eigenvalue weighted by Crippen LogP contribution is 2.36. The number of cyclic esters (lactones) is 1. The minimum atomic E-state index is -1.43. The molecule has 0 saturated carbocycles. The summed E-state index contributed by atoms with van der Waals surface area (Å²) < 4.78 is 6.59. The van der Waals surface area contributed by atoms with Crippen LogP contribution in [0.25, 0.3) is 0 Å². The van der Waals surface area contributed by atoms with Gasteiger partial charge >= 0.3 is 6.09 Å². The molecular weight excluding hydrogens is 276 g/mol. The lowest BCUT2D eigenvalue weighted by atomic mass is 9.96. The zero-order chi connectivity index (χ0) is 15.8. The summed E-state index contributed by atoms with van der Waals surface area (Å²) in [5.74, 6) is -0.290. The van der Waals surface area contributed by atoms with Crippen molar-refractivity contribution in [2.75, 3.05) is 13.1 Å². The highest BCUT2D eigenvalue weighted by atomic mass is 16.6. The Balaban J connectivity index is 1.94. The largest absolute Gasteiger partial charge is 0.438 e. The van der Waals surface area contributed by atoms with E-state index in [4.69, 9.17) is 4.74 Å². The van der Waals surface area contributed by atoms with Crippen molar-refractivity contribution in [3.63, 3.8) is 0 Å². The van der Waals surface area contributed by atoms with Gasteiger partial charge in [-0.15, -0.1) is 0 Å². The lowest BCUT2D eigenvalue weighted by molar-refractivity contribution is -0.126. The third-order valence-corrected chi connectivity index (χ3v) is 3.90. The van der Waals surface area contributed by atoms with Crippen molar-refractivity contribution in [1.82, 2.24) is 20.0 Å². The number of hydrogen-bond donors (Lipinski definition) is 2. The predicted octanol–water partition coefficient (Wildman–Crippen LogP) is 0.0892. The number of rotatable bonds is 4. The number of aromatic nitrogens is 2. The second-order valence-electron chi connectivity index (χ2n) is 5.65. The topological polar surface area (TPSA) is 96.7 Å². The van der Waals surface area contributed by atoms with Crippen LogP contribution in [0.2, 0.25) is 0 Å². The van der Waals surface area contributed by atoms with E-state index in [1.165, 1.54) is 22.7 Å². The van der Waals surface area contributed by atoms with E-state index in [-0.39, 0.29) is 19.0 Å². The second-order valence-corrected chi connectivity index (χ2v) is 5.65. The summed E-state index contributed by atoms with van der Waals surface area (Å²) in [5, 5.41) is 17.0. The van der Waals surface area contributed by atoms with Gasteiger partial charge in [-0.25, -0.2) is 4.79 Å². The average Bonchev–Trinajstić information content (AvgIpc) is 2.84. The Morgan fingerprint density at radius 2 is 2.14 bits per heavy atom. The number of ether oxygens (including phenoxy) is 1. The van der Waals surface area contributed by atoms with Gasteiger partial charge in [0, 0.05) is 26.3 Å². The highest BCUT2D eigenvalue weighted by molar-refractivity contribution is 5.92. The molecule has 1 aliphatic heterocycles. The van der Waals surface area contributed by atoms with E-state index in [9.17, 15) is 14.7 Å². The SMILES string of the molecule is Cn1nccc1C(=O)NCCN1C(=O)OC(C)(C)[C@@]1(C)O. The summed E-state index contributed by atoms with van der Waals surface area (Å²) in [5.41, 5.74) is -2.01. The van der Waals surface area contributed by atoms with Crippen molar-refractivity contribution < 1.29 is 19.4 Å². The van der Waals surface area contributed by atoms with Gasteiger partial charge in [-0.2, -0.15) is 5.10 Å². The van der Waals surface area contributed by atoms with Crippen molar-refractivity contribution >= 4 is 12.0 Å². The van der Waals surface area contributed by atoms with Crippen LogP contribution >= 0.6 is 0 Å². The molecule has 2 N–H and O–H groups in total. The molecule has 0 radical (unpaired) electrons. The quantitative estimate of drug-likeness (QED) is 0.820. The number of nitrogens with zero attached hydrogens (tertiary/aromatic N) is 3. The van der Waals surface area contributed by atoms with E-state index in [1.807, 2.05) is 0 Å². The first-order valence-electron chi connectivity index (χ1n) is 6.66. The molecule has 8 nitrogen and oxygen atoms in total. The molecule has 1 aliphatic rings. The Hall–Kier alpha value is -2.09. The van der Waals surface area contributed by atoms with Crippen molar-refractivity contribution in [3.05, 3.63) is 18.0 Å². The summed E-state index contributed by atoms with van der Waals surface area (Å²) in [6.07, 6.45) is 0.930. The number of amides is 2. The minimum Gasteiger partial charge on any atom is -0.438 e. The smallest absolute Gasteiger partial charge is 0.412 e. The van der Waals surface area contributed by atoms with Crippen molar-refractivity contribution in [2.45, 2.75) is 32.1 Å². The van der Waals surface area contributed by atoms with Crippen LogP contribution in [0.1, 0.15) is 31.3 Å². The number of hydrogen-bond acceptors (Lipinski definition) is 5. The zero-order valence-electron chi connectivity index (χ0n) is 12.6. The predicted molar refractivity (Wildman–Crippen MR) is 73.4 cm³/mol. The Bertz CT molecular complexity index is 564. The van der Waals surface area contributed by atoms with E-state index >= 15 is 0 Å². The molecule has 0 unspecified atom stereocenters. The summed E-state index contributed by atoms with van der Waals surface area (Å²) >= 11 is 0. The van der Waals surface area contributed by atoms with Gasteiger partial charge in [0.1, 0.15) is 5.69 Å². The van der Waals surface area contributed by atoms with E-state index in [0.717, 1.165) is 0 Å². The molecule has 8 heteroatoms. The first kappa shape index (κ1) is 15.3. The first-order chi connectivity index (χ1) is 9.67. The number of carbonyl (C=O) groups excluding carboxylic acids is 2. The summed E-state index contributed by atoms with van der Waals surface area (Å²) in [7, 11) is 1.67. The molecule has 0 aromatic carbocycles. The maximum Gasteiger partial charge on any atom is 0.412 e. The van der Waals surface area contributed by atoms with Gasteiger partial charge in [-0.05, 0) is 26.8 Å². The fraction of sp³-hybridized carbons (Fsp3) is 0.615. The fourth-order valence-electron chi connectivity index (χ4n) is 2.15. The summed E-state index contributed by atoms with van der Waals surface area (Å²) in [6, 6.07) is 1.60. The highest BCUT2D eigenvalue weighted by Gasteiger charge is 2.56. The molecule has 1 aromatic heterocycles. The van der Waals surface area contributed by atoms with Crippen molar-refractivity contribution in [2.24, 2.45) is 7.05 Å². The molecule has 0 bridgehead atoms. The van der Waals surface area contributed by atoms with Gasteiger partial charge in [0.05, 0.1) is 0 Å². The molecule has 2 amide bonds. The molecule has 0 aliphatic carbocycles. The van der Waals surface area contributed by atoms with Crippen molar-refractivity contribution in [3.8, 4) is 0 Å². The summed E-state index contributed by atoms with van der Waals surface area (Å²) in [6.45, 7) is 5.14. The van der Waals surface area contributed by atoms with E-state index in [2.05, 4.69) is 10.4 Å². The summed E-state index contributed by atoms with van der Waals surface area (Å²) in [4.78, 5) is 24.9. The third kappa shape index (κ3) is 2.58. The van der Waals surface area contributed by atoms with E-state index in [1.54, 1.807) is 27.0 Å². The van der Waals surface area contributed by atoms with Crippen LogP contribution in [0.5, 0.6) is 0 Å². The van der Waals surface area contributed by atoms with Gasteiger partial charge in [0.2, 0.25) is 0 Å². The zero-order valence-corrected chi connectivity index (χ0v) is 12.6. The van der Waals surface area contributed by atoms with Crippen LogP contribution in [0.4, 0.5) is 4.79 Å². The molecule has 21 heavy (non-hydrogen) atoms. The second kappa shape index (κ2) is 5.03. The van der Waals surface area contributed by atoms with Crippen LogP contribution < -0.4 is 5.32 Å². The Morgan fingerprint density at radius 1 is 1.48 bits per heavy atom. The lowest BCUT2D eigenvalue weighted by Crippen LogP contribution is -2.55. The monoisotopic (exact) mass is 296 g/mol. The maximum atomic E-state index is 11.9. The maximum absolute atomic E-state index is 11.9. The van der Waals surface area contributed by atoms with Gasteiger partial charge in [-0.3, -0.25) is 14.4 Å². The number of carbonyl (C=O) groups is 2. The van der Waals surface area contributed by atoms with Crippen LogP contribution in [-0.2, 0) is 11.8 Å². The van der Waals surface area contributed by atoms with Crippen LogP contribution in [-0.4, -0.2) is 56.2 Å². The van der Waals surface area contributed by atoms with Crippen LogP contribution in [0.3, 0.4) is 0 Å². The fourth-order valence-corrected chi connectivity index (χ4v) is 2.15. The Morgan fingerprint density at radius 3 is 2.62 bits per heavy atom. The molecule has 1 saturated heterocycles. The van der Waals surface area contributed by atoms with Gasteiger partial charge < -0.3 is 15.2 Å². The van der Waals surface area contributed by atoms with E-state index < -0.39 is 17.4 Å². The van der Waals surface area contributed by atoms with E-state index in [0.29, 0.717) is 5.69 Å². The number of nitrogens with one attached hydrogen (secondary N) is 1. The normalized spacial score (nSPS) is 24.0.